The third kappa shape index (κ3) is 5.52. The van der Waals surface area contributed by atoms with Crippen molar-refractivity contribution in [2.75, 3.05) is 42.2 Å². The first-order valence-electron chi connectivity index (χ1n) is 12.1. The van der Waals surface area contributed by atoms with Crippen LogP contribution in [-0.4, -0.2) is 48.3 Å². The number of carbonyl (C=O) groups excluding carboxylic acids is 2. The normalized spacial score (nSPS) is 13.7. The summed E-state index contributed by atoms with van der Waals surface area (Å²) in [5, 5.41) is 17.5. The van der Waals surface area contributed by atoms with Crippen LogP contribution in [0.3, 0.4) is 0 Å². The second kappa shape index (κ2) is 11.0. The van der Waals surface area contributed by atoms with Crippen molar-refractivity contribution in [3.8, 4) is 0 Å². The number of non-ortho nitro benzene ring substituents is 1. The zero-order chi connectivity index (χ0) is 26.5. The van der Waals surface area contributed by atoms with Crippen LogP contribution >= 0.6 is 0 Å². The van der Waals surface area contributed by atoms with Crippen LogP contribution in [0.4, 0.5) is 22.7 Å². The quantitative estimate of drug-likeness (QED) is 0.248. The largest absolute Gasteiger partial charge is 0.354 e. The van der Waals surface area contributed by atoms with E-state index in [1.807, 2.05) is 68.4 Å². The molecule has 2 amide bonds. The molecule has 0 saturated heterocycles. The number of fused-ring (bicyclic) bond motifs is 1. The molecule has 0 atom stereocenters. The number of benzene rings is 3. The Balaban J connectivity index is 1.68. The molecule has 0 fully saturated rings. The van der Waals surface area contributed by atoms with Crippen LogP contribution in [0.25, 0.3) is 11.3 Å². The van der Waals surface area contributed by atoms with Gasteiger partial charge in [0.2, 0.25) is 5.91 Å². The number of hydrogen-bond donors (Lipinski definition) is 2. The molecule has 3 aromatic rings. The molecule has 0 unspecified atom stereocenters. The minimum Gasteiger partial charge on any atom is -0.354 e. The molecular formula is C28H29N5O4. The maximum Gasteiger partial charge on any atom is 0.270 e. The lowest BCUT2D eigenvalue weighted by molar-refractivity contribution is -0.384. The zero-order valence-electron chi connectivity index (χ0n) is 21.0. The number of nitrogens with one attached hydrogen (secondary N) is 2. The molecule has 1 heterocycles. The van der Waals surface area contributed by atoms with Gasteiger partial charge in [-0.3, -0.25) is 24.6 Å². The Morgan fingerprint density at radius 1 is 1.00 bits per heavy atom. The summed E-state index contributed by atoms with van der Waals surface area (Å²) in [4.78, 5) is 40.3. The fourth-order valence-electron chi connectivity index (χ4n) is 4.20. The summed E-state index contributed by atoms with van der Waals surface area (Å²) in [6, 6.07) is 21.0. The summed E-state index contributed by atoms with van der Waals surface area (Å²) in [6.07, 6.45) is 0. The smallest absolute Gasteiger partial charge is 0.270 e. The molecular weight excluding hydrogens is 470 g/mol. The highest BCUT2D eigenvalue weighted by Gasteiger charge is 2.30. The first kappa shape index (κ1) is 25.6. The molecule has 0 radical (unpaired) electrons. The van der Waals surface area contributed by atoms with Gasteiger partial charge in [-0.15, -0.1) is 0 Å². The SMILES string of the molecule is CCN(CC)CC(=O)N(C)c1ccc(N/C(=C2\C(=O)Nc3ccc([N+](=O)[O-])cc32)c2ccccc2)cc1. The average molecular weight is 500 g/mol. The van der Waals surface area contributed by atoms with Crippen LogP contribution in [-0.2, 0) is 9.59 Å². The van der Waals surface area contributed by atoms with Crippen LogP contribution in [0.2, 0.25) is 0 Å². The Morgan fingerprint density at radius 2 is 1.68 bits per heavy atom. The van der Waals surface area contributed by atoms with Gasteiger partial charge in [0.15, 0.2) is 0 Å². The van der Waals surface area contributed by atoms with Crippen molar-refractivity contribution >= 4 is 45.8 Å². The van der Waals surface area contributed by atoms with Crippen molar-refractivity contribution < 1.29 is 14.5 Å². The molecule has 190 valence electrons. The van der Waals surface area contributed by atoms with Crippen LogP contribution < -0.4 is 15.5 Å². The highest BCUT2D eigenvalue weighted by atomic mass is 16.6. The summed E-state index contributed by atoms with van der Waals surface area (Å²) in [6.45, 7) is 5.99. The number of nitro benzene ring substituents is 1. The van der Waals surface area contributed by atoms with Crippen molar-refractivity contribution in [2.24, 2.45) is 0 Å². The summed E-state index contributed by atoms with van der Waals surface area (Å²) in [7, 11) is 1.75. The molecule has 9 heteroatoms. The maximum atomic E-state index is 13.0. The van der Waals surface area contributed by atoms with Gasteiger partial charge in [0.05, 0.1) is 22.7 Å². The molecule has 1 aliphatic rings. The van der Waals surface area contributed by atoms with Crippen LogP contribution in [0.5, 0.6) is 0 Å². The van der Waals surface area contributed by atoms with E-state index in [0.717, 1.165) is 24.3 Å². The Hall–Kier alpha value is -4.50. The number of anilines is 3. The van der Waals surface area contributed by atoms with Gasteiger partial charge in [0, 0.05) is 41.8 Å². The van der Waals surface area contributed by atoms with Gasteiger partial charge in [-0.2, -0.15) is 0 Å². The van der Waals surface area contributed by atoms with E-state index in [-0.39, 0.29) is 17.5 Å². The van der Waals surface area contributed by atoms with Gasteiger partial charge in [-0.25, -0.2) is 0 Å². The van der Waals surface area contributed by atoms with Crippen molar-refractivity contribution in [1.29, 1.82) is 0 Å². The van der Waals surface area contributed by atoms with Gasteiger partial charge in [-0.05, 0) is 49.0 Å². The van der Waals surface area contributed by atoms with Gasteiger partial charge < -0.3 is 15.5 Å². The molecule has 37 heavy (non-hydrogen) atoms. The average Bonchev–Trinajstić information content (AvgIpc) is 3.25. The Labute approximate surface area is 215 Å². The van der Waals surface area contributed by atoms with E-state index in [4.69, 9.17) is 0 Å². The zero-order valence-corrected chi connectivity index (χ0v) is 21.0. The van der Waals surface area contributed by atoms with E-state index in [2.05, 4.69) is 15.5 Å². The van der Waals surface area contributed by atoms with Crippen LogP contribution in [0, 0.1) is 10.1 Å². The lowest BCUT2D eigenvalue weighted by Crippen LogP contribution is -2.38. The second-order valence-electron chi connectivity index (χ2n) is 8.64. The minimum absolute atomic E-state index is 0.00247. The summed E-state index contributed by atoms with van der Waals surface area (Å²) < 4.78 is 0. The van der Waals surface area contributed by atoms with E-state index in [1.54, 1.807) is 18.0 Å². The monoisotopic (exact) mass is 499 g/mol. The van der Waals surface area contributed by atoms with Gasteiger partial charge in [0.1, 0.15) is 0 Å². The number of likely N-dealkylation sites (N-methyl/N-ethyl adjacent to an activating group) is 2. The van der Waals surface area contributed by atoms with E-state index in [1.165, 1.54) is 12.1 Å². The summed E-state index contributed by atoms with van der Waals surface area (Å²) in [5.41, 5.74) is 3.93. The lowest BCUT2D eigenvalue weighted by atomic mass is 9.99. The van der Waals surface area contributed by atoms with Gasteiger partial charge in [-0.1, -0.05) is 44.2 Å². The molecule has 0 bridgehead atoms. The minimum atomic E-state index is -0.479. The Bertz CT molecular complexity index is 1350. The van der Waals surface area contributed by atoms with E-state index < -0.39 is 4.92 Å². The van der Waals surface area contributed by atoms with Crippen LogP contribution in [0.15, 0.2) is 72.8 Å². The highest BCUT2D eigenvalue weighted by molar-refractivity contribution is 6.37. The molecule has 0 saturated carbocycles. The fourth-order valence-corrected chi connectivity index (χ4v) is 4.20. The van der Waals surface area contributed by atoms with E-state index >= 15 is 0 Å². The number of nitro groups is 1. The van der Waals surface area contributed by atoms with Gasteiger partial charge >= 0.3 is 0 Å². The predicted molar refractivity (Wildman–Crippen MR) is 146 cm³/mol. The standard InChI is InChI=1S/C28H29N5O4/c1-4-32(5-2)18-25(34)31(3)21-13-11-20(12-14-21)29-27(19-9-7-6-8-10-19)26-23-17-22(33(36)37)15-16-24(23)30-28(26)35/h6-17,29H,4-5,18H2,1-3H3,(H,30,35)/b27-26-. The third-order valence-corrected chi connectivity index (χ3v) is 6.42. The number of nitrogens with zero attached hydrogens (tertiary/aromatic N) is 3. The van der Waals surface area contributed by atoms with E-state index in [9.17, 15) is 19.7 Å². The van der Waals surface area contributed by atoms with Crippen molar-refractivity contribution in [1.82, 2.24) is 4.90 Å². The number of hydrogen-bond acceptors (Lipinski definition) is 6. The molecule has 2 N–H and O–H groups in total. The first-order valence-corrected chi connectivity index (χ1v) is 12.1. The van der Waals surface area contributed by atoms with Crippen LogP contribution in [0.1, 0.15) is 25.0 Å². The molecule has 9 nitrogen and oxygen atoms in total. The Morgan fingerprint density at radius 3 is 2.30 bits per heavy atom. The molecule has 0 aromatic heterocycles. The predicted octanol–water partition coefficient (Wildman–Crippen LogP) is 4.83. The topological polar surface area (TPSA) is 108 Å². The molecule has 0 spiro atoms. The highest BCUT2D eigenvalue weighted by Crippen LogP contribution is 2.39. The van der Waals surface area contributed by atoms with Gasteiger partial charge in [0.25, 0.3) is 11.6 Å². The summed E-state index contributed by atoms with van der Waals surface area (Å²) in [5.74, 6) is -0.350. The number of rotatable bonds is 9. The first-order chi connectivity index (χ1) is 17.8. The Kier molecular flexibility index (Phi) is 7.64. The van der Waals surface area contributed by atoms with Crippen molar-refractivity contribution in [2.45, 2.75) is 13.8 Å². The second-order valence-corrected chi connectivity index (χ2v) is 8.64. The van der Waals surface area contributed by atoms with Crippen molar-refractivity contribution in [3.05, 3.63) is 94.0 Å². The molecule has 0 aliphatic carbocycles. The maximum absolute atomic E-state index is 13.0. The lowest BCUT2D eigenvalue weighted by Gasteiger charge is -2.23. The molecule has 1 aliphatic heterocycles. The molecule has 4 rings (SSSR count). The number of carbonyl (C=O) groups is 2. The van der Waals surface area contributed by atoms with E-state index in [0.29, 0.717) is 34.8 Å². The fraction of sp³-hybridized carbons (Fsp3) is 0.214. The molecule has 3 aromatic carbocycles. The summed E-state index contributed by atoms with van der Waals surface area (Å²) >= 11 is 0. The van der Waals surface area contributed by atoms with Crippen molar-refractivity contribution in [3.63, 3.8) is 0 Å². The third-order valence-electron chi connectivity index (χ3n) is 6.42. The number of amides is 2.